The summed E-state index contributed by atoms with van der Waals surface area (Å²) in [5.74, 6) is -0.103. The second-order valence-corrected chi connectivity index (χ2v) is 4.56. The molecule has 2 aromatic rings. The monoisotopic (exact) mass is 257 g/mol. The van der Waals surface area contributed by atoms with Crippen LogP contribution in [0.1, 0.15) is 11.1 Å². The fraction of sp³-hybridized carbons (Fsp3) is 0.308. The normalized spacial score (nSPS) is 13.9. The van der Waals surface area contributed by atoms with Crippen LogP contribution in [0.4, 0.5) is 5.69 Å². The number of benzene rings is 1. The zero-order valence-corrected chi connectivity index (χ0v) is 10.5. The Morgan fingerprint density at radius 2 is 2.37 bits per heavy atom. The van der Waals surface area contributed by atoms with Gasteiger partial charge in [0.1, 0.15) is 6.54 Å². The lowest BCUT2D eigenvalue weighted by atomic mass is 10.0. The number of hydrogen-bond donors (Lipinski definition) is 2. The number of fused-ring (bicyclic) bond motifs is 1. The van der Waals surface area contributed by atoms with Crippen molar-refractivity contribution in [1.82, 2.24) is 20.3 Å². The molecular formula is C13H15N5O. The van der Waals surface area contributed by atoms with Gasteiger partial charge in [0.2, 0.25) is 5.91 Å². The summed E-state index contributed by atoms with van der Waals surface area (Å²) < 4.78 is 1.50. The average molecular weight is 257 g/mol. The molecule has 0 unspecified atom stereocenters. The van der Waals surface area contributed by atoms with Crippen LogP contribution in [0.2, 0.25) is 0 Å². The van der Waals surface area contributed by atoms with Gasteiger partial charge in [0.05, 0.1) is 6.20 Å². The topological polar surface area (TPSA) is 71.8 Å². The molecule has 98 valence electrons. The molecule has 0 saturated carbocycles. The van der Waals surface area contributed by atoms with Crippen LogP contribution in [-0.4, -0.2) is 27.4 Å². The van der Waals surface area contributed by atoms with Crippen LogP contribution >= 0.6 is 0 Å². The minimum absolute atomic E-state index is 0.103. The van der Waals surface area contributed by atoms with Crippen molar-refractivity contribution in [1.29, 1.82) is 0 Å². The van der Waals surface area contributed by atoms with Gasteiger partial charge in [-0.3, -0.25) is 4.79 Å². The van der Waals surface area contributed by atoms with Crippen LogP contribution in [0.15, 0.2) is 30.6 Å². The van der Waals surface area contributed by atoms with Gasteiger partial charge in [-0.15, -0.1) is 5.10 Å². The number of amides is 1. The number of nitrogens with zero attached hydrogens (tertiary/aromatic N) is 3. The molecule has 0 spiro atoms. The first kappa shape index (κ1) is 11.9. The number of carbonyl (C=O) groups is 1. The first-order valence-electron chi connectivity index (χ1n) is 6.28. The van der Waals surface area contributed by atoms with Crippen molar-refractivity contribution in [2.24, 2.45) is 0 Å². The molecule has 2 N–H and O–H groups in total. The fourth-order valence-corrected chi connectivity index (χ4v) is 2.22. The summed E-state index contributed by atoms with van der Waals surface area (Å²) >= 11 is 0. The second-order valence-electron chi connectivity index (χ2n) is 4.56. The number of anilines is 1. The van der Waals surface area contributed by atoms with Crippen molar-refractivity contribution in [3.05, 3.63) is 41.7 Å². The third kappa shape index (κ3) is 2.79. The standard InChI is InChI=1S/C13H15N5O/c19-13(9-18-6-5-15-17-18)16-12-2-1-10-3-4-14-8-11(10)7-12/h1-2,5-7,14H,3-4,8-9H2,(H,16,19). The Morgan fingerprint density at radius 1 is 1.42 bits per heavy atom. The zero-order chi connectivity index (χ0) is 13.1. The van der Waals surface area contributed by atoms with E-state index in [0.717, 1.165) is 25.2 Å². The molecule has 0 aliphatic carbocycles. The molecule has 1 amide bonds. The maximum atomic E-state index is 11.8. The Hall–Kier alpha value is -2.21. The molecule has 19 heavy (non-hydrogen) atoms. The molecule has 6 heteroatoms. The largest absolute Gasteiger partial charge is 0.324 e. The van der Waals surface area contributed by atoms with Gasteiger partial charge in [0, 0.05) is 18.4 Å². The van der Waals surface area contributed by atoms with Crippen molar-refractivity contribution < 1.29 is 4.79 Å². The first-order chi connectivity index (χ1) is 9.31. The van der Waals surface area contributed by atoms with Crippen LogP contribution in [0.25, 0.3) is 0 Å². The third-order valence-corrected chi connectivity index (χ3v) is 3.15. The summed E-state index contributed by atoms with van der Waals surface area (Å²) in [4.78, 5) is 11.8. The zero-order valence-electron chi connectivity index (χ0n) is 10.5. The molecule has 1 aromatic heterocycles. The van der Waals surface area contributed by atoms with E-state index < -0.39 is 0 Å². The molecule has 0 atom stereocenters. The van der Waals surface area contributed by atoms with E-state index in [1.54, 1.807) is 12.4 Å². The quantitative estimate of drug-likeness (QED) is 0.843. The maximum Gasteiger partial charge on any atom is 0.246 e. The van der Waals surface area contributed by atoms with Crippen LogP contribution < -0.4 is 10.6 Å². The van der Waals surface area contributed by atoms with E-state index in [2.05, 4.69) is 27.0 Å². The van der Waals surface area contributed by atoms with Crippen molar-refractivity contribution in [2.45, 2.75) is 19.5 Å². The fourth-order valence-electron chi connectivity index (χ4n) is 2.22. The molecule has 6 nitrogen and oxygen atoms in total. The summed E-state index contributed by atoms with van der Waals surface area (Å²) in [5.41, 5.74) is 3.44. The highest BCUT2D eigenvalue weighted by atomic mass is 16.2. The Labute approximate surface area is 110 Å². The molecule has 1 aromatic carbocycles. The van der Waals surface area contributed by atoms with Gasteiger partial charge in [-0.1, -0.05) is 11.3 Å². The number of aromatic nitrogens is 3. The lowest BCUT2D eigenvalue weighted by Gasteiger charge is -2.18. The Bertz CT molecular complexity index is 579. The Morgan fingerprint density at radius 3 is 3.21 bits per heavy atom. The smallest absolute Gasteiger partial charge is 0.246 e. The van der Waals surface area contributed by atoms with Crippen molar-refractivity contribution in [3.63, 3.8) is 0 Å². The molecule has 0 bridgehead atoms. The second kappa shape index (κ2) is 5.19. The Balaban J connectivity index is 1.67. The van der Waals surface area contributed by atoms with E-state index in [0.29, 0.717) is 0 Å². The van der Waals surface area contributed by atoms with Gasteiger partial charge < -0.3 is 10.6 Å². The van der Waals surface area contributed by atoms with Crippen molar-refractivity contribution in [2.75, 3.05) is 11.9 Å². The van der Waals surface area contributed by atoms with E-state index in [1.807, 2.05) is 12.1 Å². The van der Waals surface area contributed by atoms with Crippen molar-refractivity contribution in [3.8, 4) is 0 Å². The summed E-state index contributed by atoms with van der Waals surface area (Å²) in [5, 5.41) is 13.6. The van der Waals surface area contributed by atoms with Gasteiger partial charge in [-0.2, -0.15) is 0 Å². The predicted octanol–water partition coefficient (Wildman–Crippen LogP) is 0.562. The highest BCUT2D eigenvalue weighted by molar-refractivity contribution is 5.90. The van der Waals surface area contributed by atoms with Crippen LogP contribution in [0, 0.1) is 0 Å². The van der Waals surface area contributed by atoms with Gasteiger partial charge in [0.25, 0.3) is 0 Å². The SMILES string of the molecule is O=C(Cn1ccnn1)Nc1ccc2c(c1)CNCC2. The summed E-state index contributed by atoms with van der Waals surface area (Å²) in [6.45, 7) is 2.06. The molecule has 2 heterocycles. The average Bonchev–Trinajstić information content (AvgIpc) is 2.91. The molecule has 1 aliphatic rings. The predicted molar refractivity (Wildman–Crippen MR) is 70.5 cm³/mol. The molecule has 0 fully saturated rings. The number of hydrogen-bond acceptors (Lipinski definition) is 4. The lowest BCUT2D eigenvalue weighted by molar-refractivity contribution is -0.116. The van der Waals surface area contributed by atoms with Crippen molar-refractivity contribution >= 4 is 11.6 Å². The van der Waals surface area contributed by atoms with E-state index >= 15 is 0 Å². The highest BCUT2D eigenvalue weighted by Gasteiger charge is 2.10. The van der Waals surface area contributed by atoms with E-state index in [9.17, 15) is 4.79 Å². The minimum atomic E-state index is -0.103. The third-order valence-electron chi connectivity index (χ3n) is 3.15. The molecule has 0 saturated heterocycles. The molecular weight excluding hydrogens is 242 g/mol. The first-order valence-corrected chi connectivity index (χ1v) is 6.28. The maximum absolute atomic E-state index is 11.8. The summed E-state index contributed by atoms with van der Waals surface area (Å²) in [7, 11) is 0. The molecule has 1 aliphatic heterocycles. The Kier molecular flexibility index (Phi) is 3.24. The summed E-state index contributed by atoms with van der Waals surface area (Å²) in [6, 6.07) is 6.06. The van der Waals surface area contributed by atoms with E-state index in [1.165, 1.54) is 15.8 Å². The highest BCUT2D eigenvalue weighted by Crippen LogP contribution is 2.18. The van der Waals surface area contributed by atoms with Gasteiger partial charge >= 0.3 is 0 Å². The van der Waals surface area contributed by atoms with E-state index in [4.69, 9.17) is 0 Å². The van der Waals surface area contributed by atoms with Gasteiger partial charge in [-0.25, -0.2) is 4.68 Å². The number of carbonyl (C=O) groups excluding carboxylic acids is 1. The summed E-state index contributed by atoms with van der Waals surface area (Å²) in [6.07, 6.45) is 4.26. The molecule has 3 rings (SSSR count). The van der Waals surface area contributed by atoms with Gasteiger partial charge in [0.15, 0.2) is 0 Å². The van der Waals surface area contributed by atoms with E-state index in [-0.39, 0.29) is 12.5 Å². The van der Waals surface area contributed by atoms with Crippen LogP contribution in [0.3, 0.4) is 0 Å². The molecule has 0 radical (unpaired) electrons. The van der Waals surface area contributed by atoms with Crippen LogP contribution in [-0.2, 0) is 24.3 Å². The number of rotatable bonds is 3. The van der Waals surface area contributed by atoms with Gasteiger partial charge in [-0.05, 0) is 36.2 Å². The van der Waals surface area contributed by atoms with Crippen LogP contribution in [0.5, 0.6) is 0 Å². The lowest BCUT2D eigenvalue weighted by Crippen LogP contribution is -2.24. The minimum Gasteiger partial charge on any atom is -0.324 e. The number of nitrogens with one attached hydrogen (secondary N) is 2.